The van der Waals surface area contributed by atoms with E-state index < -0.39 is 0 Å². The van der Waals surface area contributed by atoms with Crippen LogP contribution in [0.1, 0.15) is 105 Å². The Hall–Kier alpha value is -10.1. The van der Waals surface area contributed by atoms with E-state index in [0.717, 1.165) is 84.0 Å². The van der Waals surface area contributed by atoms with Gasteiger partial charge in [-0.25, -0.2) is 0 Å². The summed E-state index contributed by atoms with van der Waals surface area (Å²) in [4.78, 5) is 5.42. The van der Waals surface area contributed by atoms with Gasteiger partial charge in [0, 0.05) is 72.2 Å². The van der Waals surface area contributed by atoms with Crippen molar-refractivity contribution in [1.29, 1.82) is 0 Å². The number of aromatic nitrogens is 1. The number of fused-ring (bicyclic) bond motifs is 11. The summed E-state index contributed by atoms with van der Waals surface area (Å²) in [5.41, 5.74) is 29.5. The zero-order valence-electron chi connectivity index (χ0n) is 55.6. The van der Waals surface area contributed by atoms with E-state index in [-0.39, 0.29) is 28.4 Å². The first-order valence-corrected chi connectivity index (χ1v) is 33.2. The molecule has 2 aromatic heterocycles. The smallest absolute Gasteiger partial charge is 0.253 e. The standard InChI is InChI=1S/C88H78BN3O/c1-85(2,3)59-41-44-73-70(47-59)64-37-25-27-39-72(64)90(73)63-42-43-71-75(54-63)92(84-68(57-33-21-15-22-34-57)50-61(87(7,8)9)51-69(84)58-35-23-16-24-36-58)77-53-62(88(10,11)12)52-76-81(77)89(71)82-74(45-46-79-80(82)65-38-26-28-40-78(65)93-79)91(76)83-66(55-29-17-13-18-30-55)48-60(86(4,5)6)49-67(83)56-31-19-14-20-32-56/h13-54H,1-12H3. The molecule has 0 spiro atoms. The van der Waals surface area contributed by atoms with E-state index in [9.17, 15) is 0 Å². The average Bonchev–Trinajstić information content (AvgIpc) is 1.44. The van der Waals surface area contributed by atoms with Gasteiger partial charge in [-0.3, -0.25) is 0 Å². The first-order valence-electron chi connectivity index (χ1n) is 33.2. The largest absolute Gasteiger partial charge is 0.456 e. The number of hydrogen-bond acceptors (Lipinski definition) is 3. The first-order chi connectivity index (χ1) is 44.7. The van der Waals surface area contributed by atoms with Gasteiger partial charge in [0.15, 0.2) is 0 Å². The van der Waals surface area contributed by atoms with Crippen LogP contribution in [0.25, 0.3) is 93.9 Å². The minimum absolute atomic E-state index is 0.0307. The lowest BCUT2D eigenvalue weighted by Crippen LogP contribution is -2.61. The van der Waals surface area contributed by atoms with Gasteiger partial charge in [0.25, 0.3) is 6.71 Å². The Morgan fingerprint density at radius 1 is 0.301 bits per heavy atom. The molecule has 93 heavy (non-hydrogen) atoms. The van der Waals surface area contributed by atoms with E-state index in [1.807, 2.05) is 0 Å². The van der Waals surface area contributed by atoms with E-state index >= 15 is 0 Å². The van der Waals surface area contributed by atoms with Crippen LogP contribution in [0.15, 0.2) is 259 Å². The van der Waals surface area contributed by atoms with Crippen LogP contribution in [0.3, 0.4) is 0 Å². The minimum Gasteiger partial charge on any atom is -0.456 e. The molecule has 2 aliphatic rings. The van der Waals surface area contributed by atoms with Gasteiger partial charge < -0.3 is 18.8 Å². The normalized spacial score (nSPS) is 13.3. The second kappa shape index (κ2) is 21.2. The van der Waals surface area contributed by atoms with Gasteiger partial charge in [-0.2, -0.15) is 0 Å². The molecule has 0 atom stereocenters. The SMILES string of the molecule is CC(C)(C)c1cc(-c2ccccc2)c(N2c3cc(-n4c5ccccc5c5cc(C(C)(C)C)ccc54)ccc3B3c4c2cc(C(C)(C)C)cc4N(c2c(-c4ccccc4)cc(C(C)(C)C)cc2-c2ccccc2)c2ccc4oc5ccccc5c4c23)c(-c2ccccc2)c1. The summed E-state index contributed by atoms with van der Waals surface area (Å²) in [7, 11) is 0. The number of hydrogen-bond donors (Lipinski definition) is 0. The van der Waals surface area contributed by atoms with E-state index in [1.165, 1.54) is 82.7 Å². The van der Waals surface area contributed by atoms with Crippen LogP contribution < -0.4 is 26.2 Å². The highest BCUT2D eigenvalue weighted by atomic mass is 16.3. The number of anilines is 6. The second-order valence-electron chi connectivity index (χ2n) is 30.1. The van der Waals surface area contributed by atoms with E-state index in [4.69, 9.17) is 4.42 Å². The van der Waals surface area contributed by atoms with Crippen LogP contribution in [0.4, 0.5) is 34.1 Å². The molecular formula is C88H78BN3O. The highest BCUT2D eigenvalue weighted by molar-refractivity contribution is 7.02. The number of furan rings is 1. The zero-order chi connectivity index (χ0) is 64.0. The maximum absolute atomic E-state index is 7.08. The Morgan fingerprint density at radius 2 is 0.731 bits per heavy atom. The molecule has 0 amide bonds. The zero-order valence-corrected chi connectivity index (χ0v) is 55.6. The van der Waals surface area contributed by atoms with Gasteiger partial charge in [0.1, 0.15) is 11.2 Å². The molecule has 0 bridgehead atoms. The van der Waals surface area contributed by atoms with Crippen molar-refractivity contribution < 1.29 is 4.42 Å². The van der Waals surface area contributed by atoms with Crippen molar-refractivity contribution in [3.63, 3.8) is 0 Å². The Balaban J connectivity index is 1.12. The maximum Gasteiger partial charge on any atom is 0.253 e. The average molecular weight is 1200 g/mol. The van der Waals surface area contributed by atoms with Crippen LogP contribution in [0.5, 0.6) is 0 Å². The first kappa shape index (κ1) is 58.0. The van der Waals surface area contributed by atoms with Gasteiger partial charge in [0.05, 0.1) is 22.4 Å². The second-order valence-corrected chi connectivity index (χ2v) is 30.1. The molecule has 454 valence electrons. The highest BCUT2D eigenvalue weighted by Crippen LogP contribution is 2.56. The molecule has 0 unspecified atom stereocenters. The van der Waals surface area contributed by atoms with Gasteiger partial charge >= 0.3 is 0 Å². The lowest BCUT2D eigenvalue weighted by molar-refractivity contribution is 0.590. The lowest BCUT2D eigenvalue weighted by Gasteiger charge is -2.47. The summed E-state index contributed by atoms with van der Waals surface area (Å²) in [5.74, 6) is 0. The molecule has 2 aliphatic heterocycles. The molecule has 0 fully saturated rings. The van der Waals surface area contributed by atoms with Crippen LogP contribution in [-0.4, -0.2) is 11.3 Å². The van der Waals surface area contributed by atoms with Crippen LogP contribution in [0, 0.1) is 0 Å². The molecule has 0 saturated carbocycles. The molecule has 16 rings (SSSR count). The van der Waals surface area contributed by atoms with Gasteiger partial charge in [-0.05, 0) is 167 Å². The fraction of sp³-hybridized carbons (Fsp3) is 0.182. The number of para-hydroxylation sites is 2. The van der Waals surface area contributed by atoms with E-state index in [2.05, 4.69) is 352 Å². The van der Waals surface area contributed by atoms with Crippen molar-refractivity contribution in [1.82, 2.24) is 4.57 Å². The molecule has 5 heteroatoms. The number of benzene rings is 12. The van der Waals surface area contributed by atoms with E-state index in [0.29, 0.717) is 0 Å². The fourth-order valence-electron chi connectivity index (χ4n) is 15.0. The molecule has 0 N–H and O–H groups in total. The van der Waals surface area contributed by atoms with Crippen molar-refractivity contribution in [3.8, 4) is 50.2 Å². The van der Waals surface area contributed by atoms with Gasteiger partial charge in [0.2, 0.25) is 0 Å². The predicted molar refractivity (Wildman–Crippen MR) is 399 cm³/mol. The topological polar surface area (TPSA) is 24.6 Å². The Kier molecular flexibility index (Phi) is 13.2. The lowest BCUT2D eigenvalue weighted by atomic mass is 9.32. The summed E-state index contributed by atoms with van der Waals surface area (Å²) in [6, 6.07) is 96.7. The third-order valence-corrected chi connectivity index (χ3v) is 20.0. The van der Waals surface area contributed by atoms with Crippen molar-refractivity contribution >= 4 is 101 Å². The predicted octanol–water partition coefficient (Wildman–Crippen LogP) is 22.6. The van der Waals surface area contributed by atoms with Gasteiger partial charge in [-0.15, -0.1) is 0 Å². The number of rotatable bonds is 7. The van der Waals surface area contributed by atoms with Crippen molar-refractivity contribution in [2.24, 2.45) is 0 Å². The molecule has 12 aromatic carbocycles. The summed E-state index contributed by atoms with van der Waals surface area (Å²) >= 11 is 0. The third kappa shape index (κ3) is 9.48. The molecular weight excluding hydrogens is 1130 g/mol. The summed E-state index contributed by atoms with van der Waals surface area (Å²) in [5, 5.41) is 4.73. The van der Waals surface area contributed by atoms with Crippen molar-refractivity contribution in [2.45, 2.75) is 105 Å². The summed E-state index contributed by atoms with van der Waals surface area (Å²) in [6.45, 7) is 27.9. The summed E-state index contributed by atoms with van der Waals surface area (Å²) < 4.78 is 9.61. The Bertz CT molecular complexity index is 5180. The maximum atomic E-state index is 7.08. The third-order valence-electron chi connectivity index (χ3n) is 20.0. The molecule has 4 nitrogen and oxygen atoms in total. The minimum atomic E-state index is -0.304. The molecule has 14 aromatic rings. The highest BCUT2D eigenvalue weighted by Gasteiger charge is 2.48. The van der Waals surface area contributed by atoms with Crippen LogP contribution in [0.2, 0.25) is 0 Å². The van der Waals surface area contributed by atoms with E-state index in [1.54, 1.807) is 0 Å². The molecule has 0 aliphatic carbocycles. The molecule has 4 heterocycles. The van der Waals surface area contributed by atoms with Crippen LogP contribution in [-0.2, 0) is 21.7 Å². The Labute approximate surface area is 548 Å². The monoisotopic (exact) mass is 1200 g/mol. The molecule has 0 radical (unpaired) electrons. The fourth-order valence-corrected chi connectivity index (χ4v) is 15.0. The van der Waals surface area contributed by atoms with Crippen molar-refractivity contribution in [2.75, 3.05) is 9.80 Å². The quantitative estimate of drug-likeness (QED) is 0.149. The Morgan fingerprint density at radius 3 is 1.23 bits per heavy atom. The van der Waals surface area contributed by atoms with Crippen molar-refractivity contribution in [3.05, 3.63) is 277 Å². The van der Waals surface area contributed by atoms with Gasteiger partial charge in [-0.1, -0.05) is 253 Å². The van der Waals surface area contributed by atoms with Crippen LogP contribution >= 0.6 is 0 Å². The molecule has 0 saturated heterocycles. The summed E-state index contributed by atoms with van der Waals surface area (Å²) in [6.07, 6.45) is 0. The number of nitrogens with zero attached hydrogens (tertiary/aromatic N) is 3.